The minimum atomic E-state index is 0.212. The highest BCUT2D eigenvalue weighted by Crippen LogP contribution is 2.30. The molecular formula is C21H36. The van der Waals surface area contributed by atoms with Crippen molar-refractivity contribution in [2.45, 2.75) is 91.9 Å². The molecule has 0 unspecified atom stereocenters. The molecule has 0 aliphatic heterocycles. The lowest BCUT2D eigenvalue weighted by Gasteiger charge is -2.17. The third kappa shape index (κ3) is 8.29. The quantitative estimate of drug-likeness (QED) is 0.368. The molecule has 0 aromatic carbocycles. The summed E-state index contributed by atoms with van der Waals surface area (Å²) in [5.41, 5.74) is 3.29. The van der Waals surface area contributed by atoms with Crippen molar-refractivity contribution in [2.75, 3.05) is 0 Å². The van der Waals surface area contributed by atoms with Crippen molar-refractivity contribution in [3.8, 4) is 0 Å². The monoisotopic (exact) mass is 288 g/mol. The van der Waals surface area contributed by atoms with Crippen LogP contribution in [-0.4, -0.2) is 0 Å². The Morgan fingerprint density at radius 3 is 1.48 bits per heavy atom. The highest BCUT2D eigenvalue weighted by molar-refractivity contribution is 5.36. The molecule has 0 aromatic heterocycles. The van der Waals surface area contributed by atoms with E-state index in [-0.39, 0.29) is 5.41 Å². The summed E-state index contributed by atoms with van der Waals surface area (Å²) in [4.78, 5) is 0. The SMILES string of the molecule is CCCCCCC1=CC(C)(C)C=C(CCCCCC)C=C1. The second kappa shape index (κ2) is 10.0. The first-order chi connectivity index (χ1) is 10.1. The minimum absolute atomic E-state index is 0.212. The lowest BCUT2D eigenvalue weighted by molar-refractivity contribution is 0.603. The van der Waals surface area contributed by atoms with Gasteiger partial charge in [0.05, 0.1) is 0 Å². The van der Waals surface area contributed by atoms with Gasteiger partial charge in [0.25, 0.3) is 0 Å². The molecule has 0 amide bonds. The van der Waals surface area contributed by atoms with E-state index in [1.807, 2.05) is 0 Å². The summed E-state index contributed by atoms with van der Waals surface area (Å²) in [5.74, 6) is 0. The van der Waals surface area contributed by atoms with E-state index in [1.54, 1.807) is 0 Å². The molecule has 1 rings (SSSR count). The molecule has 1 aliphatic carbocycles. The van der Waals surface area contributed by atoms with Gasteiger partial charge in [0.2, 0.25) is 0 Å². The number of hydrogen-bond donors (Lipinski definition) is 0. The Morgan fingerprint density at radius 2 is 1.10 bits per heavy atom. The molecule has 0 radical (unpaired) electrons. The van der Waals surface area contributed by atoms with Crippen LogP contribution < -0.4 is 0 Å². The first-order valence-corrected chi connectivity index (χ1v) is 9.19. The highest BCUT2D eigenvalue weighted by Gasteiger charge is 2.15. The van der Waals surface area contributed by atoms with Gasteiger partial charge < -0.3 is 0 Å². The van der Waals surface area contributed by atoms with E-state index in [2.05, 4.69) is 52.0 Å². The zero-order valence-electron chi connectivity index (χ0n) is 14.9. The summed E-state index contributed by atoms with van der Waals surface area (Å²) in [6, 6.07) is 0. The zero-order chi connectivity index (χ0) is 15.6. The summed E-state index contributed by atoms with van der Waals surface area (Å²) in [7, 11) is 0. The first kappa shape index (κ1) is 18.3. The van der Waals surface area contributed by atoms with Gasteiger partial charge in [-0.25, -0.2) is 0 Å². The van der Waals surface area contributed by atoms with E-state index in [0.717, 1.165) is 0 Å². The Labute approximate surface area is 133 Å². The van der Waals surface area contributed by atoms with Gasteiger partial charge in [-0.05, 0) is 25.7 Å². The Kier molecular flexibility index (Phi) is 8.73. The van der Waals surface area contributed by atoms with Gasteiger partial charge in [0.1, 0.15) is 0 Å². The summed E-state index contributed by atoms with van der Waals surface area (Å²) < 4.78 is 0. The second-order valence-corrected chi connectivity index (χ2v) is 7.21. The number of allylic oxidation sites excluding steroid dienone is 6. The van der Waals surface area contributed by atoms with Gasteiger partial charge in [-0.1, -0.05) is 102 Å². The molecule has 0 heteroatoms. The highest BCUT2D eigenvalue weighted by atomic mass is 14.2. The van der Waals surface area contributed by atoms with Crippen LogP contribution in [-0.2, 0) is 0 Å². The minimum Gasteiger partial charge on any atom is -0.0719 e. The number of rotatable bonds is 10. The molecule has 0 saturated carbocycles. The lowest BCUT2D eigenvalue weighted by atomic mass is 9.88. The average Bonchev–Trinajstić information content (AvgIpc) is 2.58. The van der Waals surface area contributed by atoms with Gasteiger partial charge >= 0.3 is 0 Å². The molecule has 0 spiro atoms. The molecule has 0 aromatic rings. The van der Waals surface area contributed by atoms with Crippen molar-refractivity contribution >= 4 is 0 Å². The third-order valence-corrected chi connectivity index (χ3v) is 4.26. The fourth-order valence-corrected chi connectivity index (χ4v) is 3.13. The maximum atomic E-state index is 2.48. The van der Waals surface area contributed by atoms with Crippen molar-refractivity contribution in [3.05, 3.63) is 35.5 Å². The molecule has 0 bridgehead atoms. The van der Waals surface area contributed by atoms with Crippen molar-refractivity contribution < 1.29 is 0 Å². The molecule has 0 nitrogen and oxygen atoms in total. The van der Waals surface area contributed by atoms with Crippen LogP contribution in [0.2, 0.25) is 0 Å². The van der Waals surface area contributed by atoms with E-state index in [0.29, 0.717) is 0 Å². The fourth-order valence-electron chi connectivity index (χ4n) is 3.13. The summed E-state index contributed by atoms with van der Waals surface area (Å²) in [6.07, 6.45) is 23.0. The van der Waals surface area contributed by atoms with Crippen LogP contribution in [0.15, 0.2) is 35.5 Å². The van der Waals surface area contributed by atoms with Crippen LogP contribution in [0.5, 0.6) is 0 Å². The summed E-state index contributed by atoms with van der Waals surface area (Å²) in [5, 5.41) is 0. The maximum Gasteiger partial charge on any atom is 0.00160 e. The van der Waals surface area contributed by atoms with E-state index >= 15 is 0 Å². The standard InChI is InChI=1S/C21H36/c1-5-7-9-11-13-19-15-16-20(14-12-10-8-6-2)18-21(3,4)17-19/h15-18H,5-14H2,1-4H3. The van der Waals surface area contributed by atoms with Crippen LogP contribution in [0.3, 0.4) is 0 Å². The smallest absolute Gasteiger partial charge is 0.00160 e. The van der Waals surface area contributed by atoms with E-state index < -0.39 is 0 Å². The lowest BCUT2D eigenvalue weighted by Crippen LogP contribution is -2.04. The molecule has 0 fully saturated rings. The normalized spacial score (nSPS) is 17.3. The van der Waals surface area contributed by atoms with Crippen LogP contribution in [0, 0.1) is 5.41 Å². The summed E-state index contributed by atoms with van der Waals surface area (Å²) in [6.45, 7) is 9.25. The van der Waals surface area contributed by atoms with Gasteiger partial charge in [0, 0.05) is 5.41 Å². The Hall–Kier alpha value is -0.780. The summed E-state index contributed by atoms with van der Waals surface area (Å²) >= 11 is 0. The predicted molar refractivity (Wildman–Crippen MR) is 96.6 cm³/mol. The van der Waals surface area contributed by atoms with Crippen molar-refractivity contribution in [3.63, 3.8) is 0 Å². The van der Waals surface area contributed by atoms with Crippen LogP contribution in [0.4, 0.5) is 0 Å². The molecule has 0 N–H and O–H groups in total. The van der Waals surface area contributed by atoms with Gasteiger partial charge in [-0.3, -0.25) is 0 Å². The van der Waals surface area contributed by atoms with Crippen molar-refractivity contribution in [1.82, 2.24) is 0 Å². The molecule has 0 heterocycles. The first-order valence-electron chi connectivity index (χ1n) is 9.19. The van der Waals surface area contributed by atoms with Gasteiger partial charge in [0.15, 0.2) is 0 Å². The topological polar surface area (TPSA) is 0 Å². The van der Waals surface area contributed by atoms with E-state index in [1.165, 1.54) is 75.4 Å². The Balaban J connectivity index is 2.51. The van der Waals surface area contributed by atoms with Crippen LogP contribution in [0.25, 0.3) is 0 Å². The fraction of sp³-hybridized carbons (Fsp3) is 0.714. The van der Waals surface area contributed by atoms with Crippen LogP contribution in [0.1, 0.15) is 91.9 Å². The maximum absolute atomic E-state index is 2.48. The van der Waals surface area contributed by atoms with Crippen molar-refractivity contribution in [2.24, 2.45) is 5.41 Å². The van der Waals surface area contributed by atoms with E-state index in [4.69, 9.17) is 0 Å². The number of hydrogen-bond acceptors (Lipinski definition) is 0. The largest absolute Gasteiger partial charge is 0.0719 e. The third-order valence-electron chi connectivity index (χ3n) is 4.26. The second-order valence-electron chi connectivity index (χ2n) is 7.21. The Morgan fingerprint density at radius 1 is 0.667 bits per heavy atom. The predicted octanol–water partition coefficient (Wildman–Crippen LogP) is 7.38. The zero-order valence-corrected chi connectivity index (χ0v) is 14.9. The molecule has 1 aliphatic rings. The molecule has 0 saturated heterocycles. The van der Waals surface area contributed by atoms with E-state index in [9.17, 15) is 0 Å². The molecule has 0 atom stereocenters. The van der Waals surface area contributed by atoms with Gasteiger partial charge in [-0.15, -0.1) is 0 Å². The van der Waals surface area contributed by atoms with Crippen molar-refractivity contribution in [1.29, 1.82) is 0 Å². The number of unbranched alkanes of at least 4 members (excludes halogenated alkanes) is 6. The molecular weight excluding hydrogens is 252 g/mol. The average molecular weight is 289 g/mol. The van der Waals surface area contributed by atoms with Crippen LogP contribution >= 0.6 is 0 Å². The Bertz CT molecular complexity index is 331. The molecule has 120 valence electrons. The van der Waals surface area contributed by atoms with Gasteiger partial charge in [-0.2, -0.15) is 0 Å². The molecule has 21 heavy (non-hydrogen) atoms.